The van der Waals surface area contributed by atoms with E-state index in [0.29, 0.717) is 0 Å². The predicted molar refractivity (Wildman–Crippen MR) is 98.3 cm³/mol. The Kier molecular flexibility index (Phi) is 6.74. The molecule has 1 aromatic rings. The van der Waals surface area contributed by atoms with Crippen LogP contribution < -0.4 is 5.46 Å². The van der Waals surface area contributed by atoms with Crippen molar-refractivity contribution >= 4 is 18.3 Å². The monoisotopic (exact) mass is 275 g/mol. The Hall–Kier alpha value is -2.02. The summed E-state index contributed by atoms with van der Waals surface area (Å²) in [5.74, 6) is 0. The summed E-state index contributed by atoms with van der Waals surface area (Å²) in [5, 5.41) is 0. The zero-order valence-corrected chi connectivity index (χ0v) is 13.6. The molecule has 1 heteroatoms. The van der Waals surface area contributed by atoms with E-state index in [9.17, 15) is 0 Å². The van der Waals surface area contributed by atoms with Gasteiger partial charge in [-0.1, -0.05) is 74.0 Å². The fourth-order valence-electron chi connectivity index (χ4n) is 2.07. The summed E-state index contributed by atoms with van der Waals surface area (Å²) in [4.78, 5) is 0. The fourth-order valence-corrected chi connectivity index (χ4v) is 2.07. The van der Waals surface area contributed by atoms with Gasteiger partial charge < -0.3 is 0 Å². The maximum atomic E-state index is 4.11. The minimum atomic E-state index is 0.934. The molecule has 0 fully saturated rings. The first-order valence-corrected chi connectivity index (χ1v) is 7.25. The van der Waals surface area contributed by atoms with Gasteiger partial charge in [-0.05, 0) is 48.6 Å². The molecule has 0 nitrogen and oxygen atoms in total. The third-order valence-electron chi connectivity index (χ3n) is 3.42. The van der Waals surface area contributed by atoms with Crippen LogP contribution in [0.3, 0.4) is 0 Å². The van der Waals surface area contributed by atoms with E-state index in [1.165, 1.54) is 22.2 Å². The van der Waals surface area contributed by atoms with Gasteiger partial charge in [0.05, 0.1) is 0 Å². The highest BCUT2D eigenvalue weighted by molar-refractivity contribution is 6.52. The number of aryl methyl sites for hydroxylation is 1. The molecule has 0 aliphatic carbocycles. The van der Waals surface area contributed by atoms with E-state index >= 15 is 0 Å². The van der Waals surface area contributed by atoms with E-state index in [0.717, 1.165) is 11.1 Å². The van der Waals surface area contributed by atoms with Gasteiger partial charge >= 0.3 is 0 Å². The molecule has 0 heterocycles. The van der Waals surface area contributed by atoms with Crippen LogP contribution in [0, 0.1) is 6.92 Å². The summed E-state index contributed by atoms with van der Waals surface area (Å²) in [7, 11) is 2.11. The van der Waals surface area contributed by atoms with Crippen LogP contribution in [-0.4, -0.2) is 7.28 Å². The lowest BCUT2D eigenvalue weighted by molar-refractivity contribution is 1.41. The lowest BCUT2D eigenvalue weighted by atomic mass is 9.72. The summed E-state index contributed by atoms with van der Waals surface area (Å²) in [6.45, 7) is 16.5. The van der Waals surface area contributed by atoms with Crippen LogP contribution >= 0.6 is 0 Å². The quantitative estimate of drug-likeness (QED) is 0.505. The lowest BCUT2D eigenvalue weighted by Crippen LogP contribution is -2.11. The van der Waals surface area contributed by atoms with Gasteiger partial charge in [0.15, 0.2) is 0 Å². The fraction of sp³-hybridized carbons (Fsp3) is 0.200. The molecule has 1 rings (SSSR count). The largest absolute Gasteiger partial charge is 0.148 e. The zero-order valence-electron chi connectivity index (χ0n) is 13.6. The van der Waals surface area contributed by atoms with Crippen LogP contribution in [0.5, 0.6) is 0 Å². The molecule has 0 aliphatic rings. The molecule has 107 valence electrons. The van der Waals surface area contributed by atoms with E-state index in [2.05, 4.69) is 65.4 Å². The first kappa shape index (κ1) is 17.0. The SMILES string of the molecule is C=C(/C=C\C=C/C)C(=C)/C=C(/C)c1cc([B]C)ccc1C. The standard InChI is InChI=1S/C20H24B/c1-7-8-9-10-15(2)17(4)13-18(5)20-14-19(21-6)12-11-16(20)3/h7-14H,2,4H2,1,3,5-6H3/b8-7-,10-9-,18-13-. The summed E-state index contributed by atoms with van der Waals surface area (Å²) < 4.78 is 0. The second kappa shape index (κ2) is 8.31. The number of hydrogen-bond donors (Lipinski definition) is 0. The smallest absolute Gasteiger partial charge is 0.0912 e. The maximum absolute atomic E-state index is 4.11. The third kappa shape index (κ3) is 5.11. The summed E-state index contributed by atoms with van der Waals surface area (Å²) in [6, 6.07) is 6.51. The minimum absolute atomic E-state index is 0.934. The molecule has 0 aliphatic heterocycles. The minimum Gasteiger partial charge on any atom is -0.0912 e. The molecule has 0 unspecified atom stereocenters. The van der Waals surface area contributed by atoms with E-state index in [1.807, 2.05) is 31.2 Å². The van der Waals surface area contributed by atoms with Gasteiger partial charge in [-0.3, -0.25) is 0 Å². The molecule has 0 saturated heterocycles. The van der Waals surface area contributed by atoms with Crippen LogP contribution in [0.15, 0.2) is 72.9 Å². The van der Waals surface area contributed by atoms with Crippen LogP contribution in [0.25, 0.3) is 5.57 Å². The molecule has 0 atom stereocenters. The van der Waals surface area contributed by atoms with Gasteiger partial charge in [0.2, 0.25) is 0 Å². The molecule has 0 saturated carbocycles. The molecular formula is C20H24B. The molecular weight excluding hydrogens is 251 g/mol. The van der Waals surface area contributed by atoms with Gasteiger partial charge in [0.1, 0.15) is 7.28 Å². The highest BCUT2D eigenvalue weighted by Gasteiger charge is 2.03. The Labute approximate surface area is 130 Å². The Morgan fingerprint density at radius 2 is 1.86 bits per heavy atom. The number of benzene rings is 1. The van der Waals surface area contributed by atoms with Gasteiger partial charge in [-0.2, -0.15) is 0 Å². The van der Waals surface area contributed by atoms with Gasteiger partial charge in [-0.15, -0.1) is 0 Å². The summed E-state index contributed by atoms with van der Waals surface area (Å²) in [6.07, 6.45) is 10.0. The average molecular weight is 275 g/mol. The molecule has 0 bridgehead atoms. The molecule has 1 aromatic carbocycles. The van der Waals surface area contributed by atoms with E-state index in [-0.39, 0.29) is 0 Å². The molecule has 21 heavy (non-hydrogen) atoms. The van der Waals surface area contributed by atoms with Crippen molar-refractivity contribution in [1.82, 2.24) is 0 Å². The normalized spacial score (nSPS) is 12.1. The summed E-state index contributed by atoms with van der Waals surface area (Å²) in [5.41, 5.74) is 6.86. The second-order valence-corrected chi connectivity index (χ2v) is 5.13. The first-order chi connectivity index (χ1) is 9.99. The van der Waals surface area contributed by atoms with Crippen molar-refractivity contribution in [2.24, 2.45) is 0 Å². The van der Waals surface area contributed by atoms with Crippen LogP contribution in [0.1, 0.15) is 25.0 Å². The van der Waals surface area contributed by atoms with Crippen molar-refractivity contribution in [1.29, 1.82) is 0 Å². The Balaban J connectivity index is 2.99. The Bertz CT molecular complexity index is 613. The Morgan fingerprint density at radius 1 is 1.14 bits per heavy atom. The van der Waals surface area contributed by atoms with Crippen LogP contribution in [0.4, 0.5) is 0 Å². The topological polar surface area (TPSA) is 0 Å². The predicted octanol–water partition coefficient (Wildman–Crippen LogP) is 5.02. The third-order valence-corrected chi connectivity index (χ3v) is 3.42. The van der Waals surface area contributed by atoms with Gasteiger partial charge in [0.25, 0.3) is 0 Å². The average Bonchev–Trinajstić information content (AvgIpc) is 2.47. The highest BCUT2D eigenvalue weighted by atomic mass is 14.1. The van der Waals surface area contributed by atoms with Crippen molar-refractivity contribution in [3.8, 4) is 0 Å². The second-order valence-electron chi connectivity index (χ2n) is 5.13. The van der Waals surface area contributed by atoms with Crippen molar-refractivity contribution in [3.05, 3.63) is 84.0 Å². The van der Waals surface area contributed by atoms with Crippen molar-refractivity contribution in [3.63, 3.8) is 0 Å². The van der Waals surface area contributed by atoms with Crippen LogP contribution in [0.2, 0.25) is 6.82 Å². The molecule has 0 N–H and O–H groups in total. The molecule has 0 spiro atoms. The van der Waals surface area contributed by atoms with E-state index in [4.69, 9.17) is 0 Å². The van der Waals surface area contributed by atoms with E-state index < -0.39 is 0 Å². The van der Waals surface area contributed by atoms with Crippen molar-refractivity contribution < 1.29 is 0 Å². The zero-order chi connectivity index (χ0) is 15.8. The maximum Gasteiger partial charge on any atom is 0.148 e. The Morgan fingerprint density at radius 3 is 2.48 bits per heavy atom. The highest BCUT2D eigenvalue weighted by Crippen LogP contribution is 2.21. The van der Waals surface area contributed by atoms with Crippen LogP contribution in [-0.2, 0) is 0 Å². The number of hydrogen-bond acceptors (Lipinski definition) is 0. The van der Waals surface area contributed by atoms with Crippen molar-refractivity contribution in [2.75, 3.05) is 0 Å². The molecule has 1 radical (unpaired) electrons. The number of rotatable bonds is 6. The molecule has 0 aromatic heterocycles. The molecule has 0 amide bonds. The first-order valence-electron chi connectivity index (χ1n) is 7.25. The number of allylic oxidation sites excluding steroid dienone is 8. The lowest BCUT2D eigenvalue weighted by Gasteiger charge is -2.10. The van der Waals surface area contributed by atoms with Gasteiger partial charge in [-0.25, -0.2) is 0 Å². The van der Waals surface area contributed by atoms with Gasteiger partial charge in [0, 0.05) is 0 Å². The van der Waals surface area contributed by atoms with E-state index in [1.54, 1.807) is 0 Å². The van der Waals surface area contributed by atoms with Crippen molar-refractivity contribution in [2.45, 2.75) is 27.6 Å². The summed E-state index contributed by atoms with van der Waals surface area (Å²) >= 11 is 0.